The van der Waals surface area contributed by atoms with Gasteiger partial charge in [-0.1, -0.05) is 12.1 Å². The molecule has 0 unspecified atom stereocenters. The first-order valence-corrected chi connectivity index (χ1v) is 7.51. The standard InChI is InChI=1S/C17H12FNO2S/c18-16-4-2-1-3-15(16)17-19-13(11-22-17)10-21-14-7-5-12(9-20)6-8-14/h1-9,11H,10H2. The number of aldehydes is 1. The summed E-state index contributed by atoms with van der Waals surface area (Å²) in [5, 5.41) is 2.48. The molecule has 0 fully saturated rings. The van der Waals surface area contributed by atoms with Crippen LogP contribution >= 0.6 is 11.3 Å². The highest BCUT2D eigenvalue weighted by molar-refractivity contribution is 7.13. The van der Waals surface area contributed by atoms with E-state index in [1.54, 1.807) is 42.5 Å². The number of rotatable bonds is 5. The number of aromatic nitrogens is 1. The Labute approximate surface area is 131 Å². The molecule has 0 aliphatic carbocycles. The van der Waals surface area contributed by atoms with Crippen molar-refractivity contribution in [1.29, 1.82) is 0 Å². The number of thiazole rings is 1. The van der Waals surface area contributed by atoms with Crippen LogP contribution < -0.4 is 4.74 Å². The van der Waals surface area contributed by atoms with Gasteiger partial charge >= 0.3 is 0 Å². The fourth-order valence-corrected chi connectivity index (χ4v) is 2.76. The van der Waals surface area contributed by atoms with Crippen molar-refractivity contribution < 1.29 is 13.9 Å². The highest BCUT2D eigenvalue weighted by Crippen LogP contribution is 2.26. The Bertz CT molecular complexity index is 783. The van der Waals surface area contributed by atoms with Crippen molar-refractivity contribution in [2.75, 3.05) is 0 Å². The van der Waals surface area contributed by atoms with E-state index in [-0.39, 0.29) is 5.82 Å². The fraction of sp³-hybridized carbons (Fsp3) is 0.0588. The second-order valence-corrected chi connectivity index (χ2v) is 5.46. The van der Waals surface area contributed by atoms with Crippen LogP contribution in [0, 0.1) is 5.82 Å². The minimum atomic E-state index is -0.284. The molecule has 0 atom stereocenters. The molecular weight excluding hydrogens is 301 g/mol. The lowest BCUT2D eigenvalue weighted by Gasteiger charge is -2.04. The lowest BCUT2D eigenvalue weighted by molar-refractivity contribution is 0.112. The third-order valence-electron chi connectivity index (χ3n) is 3.06. The molecule has 3 nitrogen and oxygen atoms in total. The lowest BCUT2D eigenvalue weighted by Crippen LogP contribution is -1.96. The predicted molar refractivity (Wildman–Crippen MR) is 83.7 cm³/mol. The largest absolute Gasteiger partial charge is 0.487 e. The van der Waals surface area contributed by atoms with Crippen LogP contribution in [0.3, 0.4) is 0 Å². The molecule has 110 valence electrons. The Morgan fingerprint density at radius 1 is 1.14 bits per heavy atom. The molecule has 0 spiro atoms. The summed E-state index contributed by atoms with van der Waals surface area (Å²) < 4.78 is 19.3. The second kappa shape index (κ2) is 6.49. The molecule has 0 aliphatic heterocycles. The number of nitrogens with zero attached hydrogens (tertiary/aromatic N) is 1. The van der Waals surface area contributed by atoms with E-state index < -0.39 is 0 Å². The molecule has 22 heavy (non-hydrogen) atoms. The molecule has 0 aliphatic rings. The number of carbonyl (C=O) groups is 1. The van der Waals surface area contributed by atoms with Crippen LogP contribution in [0.5, 0.6) is 5.75 Å². The molecular formula is C17H12FNO2S. The summed E-state index contributed by atoms with van der Waals surface area (Å²) in [7, 11) is 0. The van der Waals surface area contributed by atoms with E-state index in [9.17, 15) is 9.18 Å². The third-order valence-corrected chi connectivity index (χ3v) is 3.98. The topological polar surface area (TPSA) is 39.2 Å². The van der Waals surface area contributed by atoms with Crippen LogP contribution in [0.15, 0.2) is 53.9 Å². The fourth-order valence-electron chi connectivity index (χ4n) is 1.93. The van der Waals surface area contributed by atoms with Crippen LogP contribution in [-0.4, -0.2) is 11.3 Å². The van der Waals surface area contributed by atoms with Crippen LogP contribution in [-0.2, 0) is 6.61 Å². The molecule has 3 aromatic rings. The molecule has 0 amide bonds. The Kier molecular flexibility index (Phi) is 4.25. The number of ether oxygens (including phenoxy) is 1. The Balaban J connectivity index is 1.69. The monoisotopic (exact) mass is 313 g/mol. The van der Waals surface area contributed by atoms with E-state index in [2.05, 4.69) is 4.98 Å². The molecule has 0 saturated carbocycles. The van der Waals surface area contributed by atoms with Crippen molar-refractivity contribution in [2.45, 2.75) is 6.61 Å². The predicted octanol–water partition coefficient (Wildman–Crippen LogP) is 4.34. The first kappa shape index (κ1) is 14.4. The molecule has 5 heteroatoms. The Morgan fingerprint density at radius 2 is 1.91 bits per heavy atom. The maximum atomic E-state index is 13.7. The van der Waals surface area contributed by atoms with Gasteiger partial charge in [0.1, 0.15) is 29.5 Å². The maximum absolute atomic E-state index is 13.7. The Morgan fingerprint density at radius 3 is 2.64 bits per heavy atom. The van der Waals surface area contributed by atoms with Crippen LogP contribution in [0.4, 0.5) is 4.39 Å². The summed E-state index contributed by atoms with van der Waals surface area (Å²) in [6.07, 6.45) is 0.783. The highest BCUT2D eigenvalue weighted by atomic mass is 32.1. The summed E-state index contributed by atoms with van der Waals surface area (Å²) in [6.45, 7) is 0.297. The van der Waals surface area contributed by atoms with Gasteiger partial charge in [-0.2, -0.15) is 0 Å². The van der Waals surface area contributed by atoms with Crippen molar-refractivity contribution in [1.82, 2.24) is 4.98 Å². The molecule has 0 saturated heterocycles. The van der Waals surface area contributed by atoms with Gasteiger partial charge in [0.05, 0.1) is 5.69 Å². The zero-order chi connectivity index (χ0) is 15.4. The number of hydrogen-bond donors (Lipinski definition) is 0. The van der Waals surface area contributed by atoms with Gasteiger partial charge in [-0.3, -0.25) is 4.79 Å². The van der Waals surface area contributed by atoms with Crippen LogP contribution in [0.2, 0.25) is 0 Å². The molecule has 1 aromatic heterocycles. The number of halogens is 1. The molecule has 0 N–H and O–H groups in total. The average molecular weight is 313 g/mol. The van der Waals surface area contributed by atoms with Gasteiger partial charge in [0, 0.05) is 16.5 Å². The summed E-state index contributed by atoms with van der Waals surface area (Å²) >= 11 is 1.38. The molecule has 1 heterocycles. The summed E-state index contributed by atoms with van der Waals surface area (Å²) in [4.78, 5) is 15.0. The van der Waals surface area contributed by atoms with Gasteiger partial charge in [-0.15, -0.1) is 11.3 Å². The maximum Gasteiger partial charge on any atom is 0.150 e. The average Bonchev–Trinajstić information content (AvgIpc) is 3.02. The van der Waals surface area contributed by atoms with Gasteiger partial charge < -0.3 is 4.74 Å². The van der Waals surface area contributed by atoms with Crippen molar-refractivity contribution in [2.24, 2.45) is 0 Å². The lowest BCUT2D eigenvalue weighted by atomic mass is 10.2. The van der Waals surface area contributed by atoms with Crippen LogP contribution in [0.1, 0.15) is 16.1 Å². The van der Waals surface area contributed by atoms with Crippen molar-refractivity contribution in [3.63, 3.8) is 0 Å². The van der Waals surface area contributed by atoms with E-state index >= 15 is 0 Å². The normalized spacial score (nSPS) is 10.4. The summed E-state index contributed by atoms with van der Waals surface area (Å²) in [6, 6.07) is 13.4. The van der Waals surface area contributed by atoms with E-state index in [0.29, 0.717) is 28.5 Å². The van der Waals surface area contributed by atoms with E-state index in [1.807, 2.05) is 5.38 Å². The highest BCUT2D eigenvalue weighted by Gasteiger charge is 2.09. The third kappa shape index (κ3) is 3.20. The zero-order valence-corrected chi connectivity index (χ0v) is 12.3. The number of hydrogen-bond acceptors (Lipinski definition) is 4. The molecule has 0 radical (unpaired) electrons. The van der Waals surface area contributed by atoms with Gasteiger partial charge in [0.15, 0.2) is 0 Å². The van der Waals surface area contributed by atoms with Crippen molar-refractivity contribution in [3.05, 3.63) is 71.0 Å². The molecule has 3 rings (SSSR count). The summed E-state index contributed by atoms with van der Waals surface area (Å²) in [5.74, 6) is 0.375. The second-order valence-electron chi connectivity index (χ2n) is 4.60. The van der Waals surface area contributed by atoms with E-state index in [1.165, 1.54) is 17.4 Å². The van der Waals surface area contributed by atoms with Gasteiger partial charge in [-0.05, 0) is 36.4 Å². The van der Waals surface area contributed by atoms with E-state index in [0.717, 1.165) is 12.0 Å². The molecule has 0 bridgehead atoms. The van der Waals surface area contributed by atoms with Gasteiger partial charge in [0.2, 0.25) is 0 Å². The Hall–Kier alpha value is -2.53. The minimum absolute atomic E-state index is 0.284. The van der Waals surface area contributed by atoms with Crippen molar-refractivity contribution in [3.8, 4) is 16.3 Å². The van der Waals surface area contributed by atoms with Crippen molar-refractivity contribution >= 4 is 17.6 Å². The zero-order valence-electron chi connectivity index (χ0n) is 11.5. The molecule has 2 aromatic carbocycles. The smallest absolute Gasteiger partial charge is 0.150 e. The quantitative estimate of drug-likeness (QED) is 0.658. The SMILES string of the molecule is O=Cc1ccc(OCc2csc(-c3ccccc3F)n2)cc1. The summed E-state index contributed by atoms with van der Waals surface area (Å²) in [5.41, 5.74) is 1.83. The number of benzene rings is 2. The van der Waals surface area contributed by atoms with Gasteiger partial charge in [-0.25, -0.2) is 9.37 Å². The first-order valence-electron chi connectivity index (χ1n) is 6.63. The first-order chi connectivity index (χ1) is 10.8. The van der Waals surface area contributed by atoms with Crippen LogP contribution in [0.25, 0.3) is 10.6 Å². The minimum Gasteiger partial charge on any atom is -0.487 e. The van der Waals surface area contributed by atoms with Gasteiger partial charge in [0.25, 0.3) is 0 Å². The van der Waals surface area contributed by atoms with E-state index in [4.69, 9.17) is 4.74 Å². The number of carbonyl (C=O) groups excluding carboxylic acids is 1.